The normalized spacial score (nSPS) is 16.0. The second kappa shape index (κ2) is 4.13. The van der Waals surface area contributed by atoms with Crippen LogP contribution in [0.2, 0.25) is 0 Å². The van der Waals surface area contributed by atoms with Gasteiger partial charge in [0.2, 0.25) is 0 Å². The van der Waals surface area contributed by atoms with Crippen molar-refractivity contribution in [2.24, 2.45) is 0 Å². The zero-order valence-electron chi connectivity index (χ0n) is 8.70. The van der Waals surface area contributed by atoms with Crippen molar-refractivity contribution in [2.75, 3.05) is 6.54 Å². The number of hydrogen-bond donors (Lipinski definition) is 1. The number of benzene rings is 1. The maximum atomic E-state index is 3.58. The third kappa shape index (κ3) is 2.34. The Labute approximate surface area is 96.2 Å². The minimum absolute atomic E-state index is 0.599. The molecule has 15 heavy (non-hydrogen) atoms. The molecule has 0 spiro atoms. The Morgan fingerprint density at radius 1 is 1.27 bits per heavy atom. The van der Waals surface area contributed by atoms with Gasteiger partial charge >= 0.3 is 96.1 Å². The summed E-state index contributed by atoms with van der Waals surface area (Å²) < 4.78 is 3.21. The molecule has 0 amide bonds. The van der Waals surface area contributed by atoms with E-state index in [0.29, 0.717) is 14.5 Å². The molecule has 0 atom stereocenters. The van der Waals surface area contributed by atoms with Gasteiger partial charge in [0, 0.05) is 0 Å². The van der Waals surface area contributed by atoms with Crippen LogP contribution in [0.1, 0.15) is 17.3 Å². The summed E-state index contributed by atoms with van der Waals surface area (Å²) in [6.45, 7) is 1.17. The summed E-state index contributed by atoms with van der Waals surface area (Å²) in [6, 6.07) is 12.0. The molecule has 2 aromatic rings. The van der Waals surface area contributed by atoms with E-state index < -0.39 is 0 Å². The maximum absolute atomic E-state index is 3.58. The zero-order chi connectivity index (χ0) is 10.1. The molecule has 0 aliphatic heterocycles. The van der Waals surface area contributed by atoms with Gasteiger partial charge in [-0.3, -0.25) is 0 Å². The molecule has 1 heterocycles. The average Bonchev–Trinajstić information content (AvgIpc) is 2.97. The Morgan fingerprint density at radius 2 is 2.13 bits per heavy atom. The van der Waals surface area contributed by atoms with Crippen LogP contribution in [0.15, 0.2) is 30.3 Å². The Kier molecular flexibility index (Phi) is 2.66. The van der Waals surface area contributed by atoms with Gasteiger partial charge in [0.15, 0.2) is 0 Å². The monoisotopic (exact) mass is 265 g/mol. The van der Waals surface area contributed by atoms with Gasteiger partial charge in [-0.05, 0) is 0 Å². The average molecular weight is 264 g/mol. The van der Waals surface area contributed by atoms with E-state index in [-0.39, 0.29) is 0 Å². The van der Waals surface area contributed by atoms with Gasteiger partial charge in [0.25, 0.3) is 0 Å². The Bertz CT molecular complexity index is 423. The van der Waals surface area contributed by atoms with Crippen LogP contribution in [0.5, 0.6) is 0 Å². The molecule has 1 saturated carbocycles. The molecule has 1 aromatic carbocycles. The van der Waals surface area contributed by atoms with Gasteiger partial charge in [0.1, 0.15) is 0 Å². The van der Waals surface area contributed by atoms with Crippen LogP contribution < -0.4 is 5.32 Å². The molecule has 3 rings (SSSR count). The molecular formula is C13H15NSe. The predicted octanol–water partition coefficient (Wildman–Crippen LogP) is 2.19. The molecule has 1 aromatic heterocycles. The topological polar surface area (TPSA) is 12.0 Å². The molecule has 1 fully saturated rings. The fourth-order valence-electron chi connectivity index (χ4n) is 1.85. The molecule has 1 aliphatic rings. The van der Waals surface area contributed by atoms with E-state index in [0.717, 1.165) is 6.04 Å². The van der Waals surface area contributed by atoms with Crippen molar-refractivity contribution in [1.82, 2.24) is 5.32 Å². The van der Waals surface area contributed by atoms with Crippen molar-refractivity contribution in [3.8, 4) is 0 Å². The van der Waals surface area contributed by atoms with Crippen LogP contribution in [0.25, 0.3) is 9.65 Å². The van der Waals surface area contributed by atoms with E-state index in [1.54, 1.807) is 8.70 Å². The van der Waals surface area contributed by atoms with E-state index in [9.17, 15) is 0 Å². The van der Waals surface area contributed by atoms with E-state index in [4.69, 9.17) is 0 Å². The number of hydrogen-bond acceptors (Lipinski definition) is 1. The summed E-state index contributed by atoms with van der Waals surface area (Å²) in [7, 11) is 0. The third-order valence-corrected chi connectivity index (χ3v) is 5.33. The Morgan fingerprint density at radius 3 is 2.93 bits per heavy atom. The van der Waals surface area contributed by atoms with Crippen molar-refractivity contribution in [2.45, 2.75) is 25.3 Å². The second-order valence-electron chi connectivity index (χ2n) is 4.23. The molecule has 0 saturated heterocycles. The van der Waals surface area contributed by atoms with Crippen molar-refractivity contribution in [3.05, 3.63) is 34.8 Å². The van der Waals surface area contributed by atoms with Crippen LogP contribution in [-0.4, -0.2) is 27.1 Å². The fourth-order valence-corrected chi connectivity index (χ4v) is 4.08. The van der Waals surface area contributed by atoms with E-state index in [1.807, 2.05) is 0 Å². The predicted molar refractivity (Wildman–Crippen MR) is 65.6 cm³/mol. The van der Waals surface area contributed by atoms with Gasteiger partial charge in [-0.2, -0.15) is 0 Å². The first-order chi connectivity index (χ1) is 7.42. The summed E-state index contributed by atoms with van der Waals surface area (Å²) in [5, 5.41) is 5.04. The molecular weight excluding hydrogens is 249 g/mol. The van der Waals surface area contributed by atoms with E-state index >= 15 is 0 Å². The van der Waals surface area contributed by atoms with Gasteiger partial charge in [-0.25, -0.2) is 0 Å². The minimum atomic E-state index is 0.599. The number of rotatable bonds is 4. The van der Waals surface area contributed by atoms with Crippen LogP contribution >= 0.6 is 0 Å². The number of nitrogens with one attached hydrogen (secondary N) is 1. The van der Waals surface area contributed by atoms with Gasteiger partial charge in [0.05, 0.1) is 0 Å². The molecule has 1 N–H and O–H groups in total. The molecule has 0 unspecified atom stereocenters. The first-order valence-electron chi connectivity index (χ1n) is 5.63. The summed E-state index contributed by atoms with van der Waals surface area (Å²) >= 11 is 0.599. The summed E-state index contributed by atoms with van der Waals surface area (Å²) in [5.41, 5.74) is 0. The molecule has 1 nitrogen and oxygen atoms in total. The quantitative estimate of drug-likeness (QED) is 0.835. The second-order valence-corrected chi connectivity index (χ2v) is 6.68. The summed E-state index contributed by atoms with van der Waals surface area (Å²) in [5.74, 6) is 0. The first kappa shape index (κ1) is 9.65. The number of fused-ring (bicyclic) bond motifs is 1. The molecule has 0 radical (unpaired) electrons. The molecule has 2 heteroatoms. The summed E-state index contributed by atoms with van der Waals surface area (Å²) in [6.07, 6.45) is 4.03. The van der Waals surface area contributed by atoms with Gasteiger partial charge in [-0.1, -0.05) is 0 Å². The van der Waals surface area contributed by atoms with Crippen LogP contribution in [-0.2, 0) is 6.42 Å². The van der Waals surface area contributed by atoms with E-state index in [2.05, 4.69) is 35.6 Å². The van der Waals surface area contributed by atoms with Crippen LogP contribution in [0.4, 0.5) is 0 Å². The molecule has 78 valence electrons. The van der Waals surface area contributed by atoms with Gasteiger partial charge < -0.3 is 0 Å². The van der Waals surface area contributed by atoms with E-state index in [1.165, 1.54) is 31.2 Å². The first-order valence-corrected chi connectivity index (χ1v) is 7.34. The standard InChI is InChI=1S/C13H15NSe/c1-2-4-13-10(3-1)9-12(15-13)7-8-14-11-5-6-11/h1-4,9,11,14H,5-8H2. The molecule has 1 aliphatic carbocycles. The zero-order valence-corrected chi connectivity index (χ0v) is 10.4. The van der Waals surface area contributed by atoms with Crippen molar-refractivity contribution in [3.63, 3.8) is 0 Å². The van der Waals surface area contributed by atoms with Crippen LogP contribution in [0.3, 0.4) is 0 Å². The fraction of sp³-hybridized carbons (Fsp3) is 0.385. The van der Waals surface area contributed by atoms with Gasteiger partial charge in [-0.15, -0.1) is 0 Å². The third-order valence-electron chi connectivity index (χ3n) is 2.86. The SMILES string of the molecule is c1ccc2[se]c(CCNC3CC3)cc2c1. The van der Waals surface area contributed by atoms with Crippen LogP contribution in [0, 0.1) is 0 Å². The van der Waals surface area contributed by atoms with Crippen molar-refractivity contribution in [1.29, 1.82) is 0 Å². The summed E-state index contributed by atoms with van der Waals surface area (Å²) in [4.78, 5) is 0. The Hall–Kier alpha value is -0.561. The molecule has 0 bridgehead atoms. The Balaban J connectivity index is 1.68. The van der Waals surface area contributed by atoms with Crippen molar-refractivity contribution >= 4 is 24.1 Å². The van der Waals surface area contributed by atoms with Crippen molar-refractivity contribution < 1.29 is 0 Å².